The highest BCUT2D eigenvalue weighted by atomic mass is 35.5. The van der Waals surface area contributed by atoms with Crippen LogP contribution < -0.4 is 14.8 Å². The minimum atomic E-state index is -0.186. The molecule has 0 fully saturated rings. The molecule has 0 spiro atoms. The molecular formula is C17H22ClN3O3. The third-order valence-corrected chi connectivity index (χ3v) is 4.00. The van der Waals surface area contributed by atoms with Gasteiger partial charge in [0.25, 0.3) is 5.91 Å². The Hall–Kier alpha value is -2.21. The first kappa shape index (κ1) is 18.1. The summed E-state index contributed by atoms with van der Waals surface area (Å²) in [6.07, 6.45) is 1.77. The van der Waals surface area contributed by atoms with Gasteiger partial charge in [0.15, 0.2) is 0 Å². The van der Waals surface area contributed by atoms with Crippen LogP contribution >= 0.6 is 11.6 Å². The van der Waals surface area contributed by atoms with Crippen LogP contribution in [0.15, 0.2) is 24.3 Å². The van der Waals surface area contributed by atoms with Gasteiger partial charge in [0.1, 0.15) is 23.8 Å². The summed E-state index contributed by atoms with van der Waals surface area (Å²) in [6.45, 7) is 4.31. The Morgan fingerprint density at radius 3 is 2.71 bits per heavy atom. The predicted molar refractivity (Wildman–Crippen MR) is 92.8 cm³/mol. The van der Waals surface area contributed by atoms with Crippen LogP contribution in [0.4, 0.5) is 0 Å². The molecule has 6 nitrogen and oxygen atoms in total. The van der Waals surface area contributed by atoms with Gasteiger partial charge < -0.3 is 14.8 Å². The van der Waals surface area contributed by atoms with Crippen LogP contribution in [0.5, 0.6) is 11.5 Å². The van der Waals surface area contributed by atoms with E-state index in [1.165, 1.54) is 0 Å². The summed E-state index contributed by atoms with van der Waals surface area (Å²) in [6, 6.07) is 7.01. The van der Waals surface area contributed by atoms with E-state index in [4.69, 9.17) is 21.1 Å². The number of methoxy groups -OCH3 is 1. The van der Waals surface area contributed by atoms with Gasteiger partial charge in [-0.25, -0.2) is 0 Å². The molecule has 0 aliphatic carbocycles. The molecule has 0 radical (unpaired) electrons. The molecule has 130 valence electrons. The van der Waals surface area contributed by atoms with Crippen molar-refractivity contribution in [1.29, 1.82) is 0 Å². The third kappa shape index (κ3) is 4.64. The number of rotatable bonds is 8. The van der Waals surface area contributed by atoms with Crippen molar-refractivity contribution >= 4 is 17.5 Å². The highest BCUT2D eigenvalue weighted by molar-refractivity contribution is 6.32. The lowest BCUT2D eigenvalue weighted by molar-refractivity contribution is 0.0929. The van der Waals surface area contributed by atoms with E-state index in [1.54, 1.807) is 31.4 Å². The van der Waals surface area contributed by atoms with Crippen molar-refractivity contribution in [3.63, 3.8) is 0 Å². The van der Waals surface area contributed by atoms with Crippen molar-refractivity contribution in [3.05, 3.63) is 40.7 Å². The summed E-state index contributed by atoms with van der Waals surface area (Å²) in [7, 11) is 1.57. The first-order valence-electron chi connectivity index (χ1n) is 7.88. The summed E-state index contributed by atoms with van der Waals surface area (Å²) in [5.74, 6) is 1.01. The Morgan fingerprint density at radius 2 is 2.08 bits per heavy atom. The molecule has 2 N–H and O–H groups in total. The van der Waals surface area contributed by atoms with Crippen LogP contribution in [-0.2, 0) is 6.61 Å². The summed E-state index contributed by atoms with van der Waals surface area (Å²) in [5.41, 5.74) is 1.04. The molecule has 24 heavy (non-hydrogen) atoms. The lowest BCUT2D eigenvalue weighted by Crippen LogP contribution is -2.34. The number of halogens is 1. The van der Waals surface area contributed by atoms with Gasteiger partial charge in [-0.05, 0) is 31.0 Å². The average molecular weight is 352 g/mol. The van der Waals surface area contributed by atoms with Gasteiger partial charge >= 0.3 is 0 Å². The Labute approximate surface area is 146 Å². The molecule has 0 unspecified atom stereocenters. The van der Waals surface area contributed by atoms with Crippen LogP contribution in [0.25, 0.3) is 0 Å². The molecule has 0 atom stereocenters. The molecular weight excluding hydrogens is 330 g/mol. The Balaban J connectivity index is 1.95. The fourth-order valence-electron chi connectivity index (χ4n) is 2.19. The first-order chi connectivity index (χ1) is 11.6. The smallest absolute Gasteiger partial charge is 0.271 e. The number of carbonyl (C=O) groups is 1. The molecule has 0 aliphatic heterocycles. The number of aromatic nitrogens is 2. The second-order valence-electron chi connectivity index (χ2n) is 5.35. The van der Waals surface area contributed by atoms with Gasteiger partial charge in [-0.15, -0.1) is 0 Å². The second kappa shape index (κ2) is 8.59. The van der Waals surface area contributed by atoms with Crippen LogP contribution in [-0.4, -0.2) is 29.3 Å². The number of carbonyl (C=O) groups excluding carboxylic acids is 1. The number of ether oxygens (including phenoxy) is 2. The minimum Gasteiger partial charge on any atom is -0.497 e. The van der Waals surface area contributed by atoms with Crippen LogP contribution in [0.1, 0.15) is 42.9 Å². The zero-order valence-electron chi connectivity index (χ0n) is 14.1. The number of hydrogen-bond acceptors (Lipinski definition) is 4. The first-order valence-corrected chi connectivity index (χ1v) is 8.26. The van der Waals surface area contributed by atoms with E-state index in [9.17, 15) is 4.79 Å². The highest BCUT2D eigenvalue weighted by Gasteiger charge is 2.14. The van der Waals surface area contributed by atoms with E-state index < -0.39 is 0 Å². The van der Waals surface area contributed by atoms with Crippen LogP contribution in [0.3, 0.4) is 0 Å². The quantitative estimate of drug-likeness (QED) is 0.762. The van der Waals surface area contributed by atoms with Gasteiger partial charge in [-0.1, -0.05) is 25.4 Å². The number of benzene rings is 1. The standard InChI is InChI=1S/C17H22ClN3O3/c1-4-11(5-2)19-17(22)15-8-12(20-21-15)10-24-16-7-6-13(23-3)9-14(16)18/h6-9,11H,4-5,10H2,1-3H3,(H,19,22)(H,20,21). The normalized spacial score (nSPS) is 10.7. The van der Waals surface area contributed by atoms with E-state index in [2.05, 4.69) is 15.5 Å². The van der Waals surface area contributed by atoms with Crippen molar-refractivity contribution in [1.82, 2.24) is 15.5 Å². The molecule has 1 aromatic heterocycles. The highest BCUT2D eigenvalue weighted by Crippen LogP contribution is 2.29. The summed E-state index contributed by atoms with van der Waals surface area (Å²) >= 11 is 6.12. The third-order valence-electron chi connectivity index (χ3n) is 3.71. The number of aromatic amines is 1. The maximum absolute atomic E-state index is 12.1. The topological polar surface area (TPSA) is 76.2 Å². The van der Waals surface area contributed by atoms with Gasteiger partial charge in [0.2, 0.25) is 0 Å². The zero-order chi connectivity index (χ0) is 17.5. The lowest BCUT2D eigenvalue weighted by atomic mass is 10.1. The van der Waals surface area contributed by atoms with Gasteiger partial charge in [-0.3, -0.25) is 9.89 Å². The summed E-state index contributed by atoms with van der Waals surface area (Å²) < 4.78 is 10.7. The summed E-state index contributed by atoms with van der Waals surface area (Å²) in [5, 5.41) is 10.2. The maximum Gasteiger partial charge on any atom is 0.271 e. The monoisotopic (exact) mass is 351 g/mol. The van der Waals surface area contributed by atoms with Crippen molar-refractivity contribution < 1.29 is 14.3 Å². The number of nitrogens with zero attached hydrogens (tertiary/aromatic N) is 1. The number of amides is 1. The molecule has 0 saturated carbocycles. The van der Waals surface area contributed by atoms with E-state index in [0.29, 0.717) is 27.9 Å². The molecule has 1 aromatic carbocycles. The maximum atomic E-state index is 12.1. The molecule has 1 heterocycles. The molecule has 7 heteroatoms. The largest absolute Gasteiger partial charge is 0.497 e. The Morgan fingerprint density at radius 1 is 1.33 bits per heavy atom. The molecule has 0 aliphatic rings. The fourth-order valence-corrected chi connectivity index (χ4v) is 2.41. The molecule has 1 amide bonds. The van der Waals surface area contributed by atoms with E-state index in [0.717, 1.165) is 12.8 Å². The van der Waals surface area contributed by atoms with Crippen molar-refractivity contribution in [3.8, 4) is 11.5 Å². The SMILES string of the molecule is CCC(CC)NC(=O)c1cc(COc2ccc(OC)cc2Cl)[nH]n1. The van der Waals surface area contributed by atoms with E-state index in [1.807, 2.05) is 13.8 Å². The molecule has 2 aromatic rings. The molecule has 0 bridgehead atoms. The predicted octanol–water partition coefficient (Wildman–Crippen LogP) is 3.57. The average Bonchev–Trinajstić information content (AvgIpc) is 3.07. The summed E-state index contributed by atoms with van der Waals surface area (Å²) in [4.78, 5) is 12.1. The van der Waals surface area contributed by atoms with Gasteiger partial charge in [-0.2, -0.15) is 5.10 Å². The van der Waals surface area contributed by atoms with Crippen molar-refractivity contribution in [2.75, 3.05) is 7.11 Å². The van der Waals surface area contributed by atoms with Crippen LogP contribution in [0, 0.1) is 0 Å². The van der Waals surface area contributed by atoms with Gasteiger partial charge in [0.05, 0.1) is 17.8 Å². The van der Waals surface area contributed by atoms with Crippen molar-refractivity contribution in [2.45, 2.75) is 39.3 Å². The van der Waals surface area contributed by atoms with E-state index >= 15 is 0 Å². The zero-order valence-corrected chi connectivity index (χ0v) is 14.8. The van der Waals surface area contributed by atoms with E-state index in [-0.39, 0.29) is 18.6 Å². The molecule has 0 saturated heterocycles. The van der Waals surface area contributed by atoms with Crippen LogP contribution in [0.2, 0.25) is 5.02 Å². The fraction of sp³-hybridized carbons (Fsp3) is 0.412. The lowest BCUT2D eigenvalue weighted by Gasteiger charge is -2.13. The second-order valence-corrected chi connectivity index (χ2v) is 5.76. The number of hydrogen-bond donors (Lipinski definition) is 2. The van der Waals surface area contributed by atoms with Gasteiger partial charge in [0, 0.05) is 12.1 Å². The van der Waals surface area contributed by atoms with Crippen molar-refractivity contribution in [2.24, 2.45) is 0 Å². The Bertz CT molecular complexity index is 683. The number of H-pyrrole nitrogens is 1. The minimum absolute atomic E-state index is 0.159. The molecule has 2 rings (SSSR count). The Kier molecular flexibility index (Phi) is 6.49. The number of nitrogens with one attached hydrogen (secondary N) is 2.